The second-order valence-electron chi connectivity index (χ2n) is 5.91. The maximum Gasteiger partial charge on any atom is 0.276 e. The van der Waals surface area contributed by atoms with Gasteiger partial charge in [0.1, 0.15) is 6.04 Å². The van der Waals surface area contributed by atoms with E-state index < -0.39 is 11.9 Å². The molecule has 1 fully saturated rings. The van der Waals surface area contributed by atoms with E-state index in [2.05, 4.69) is 15.3 Å². The van der Waals surface area contributed by atoms with Crippen LogP contribution in [0.25, 0.3) is 0 Å². The lowest BCUT2D eigenvalue weighted by Gasteiger charge is -2.34. The van der Waals surface area contributed by atoms with E-state index in [9.17, 15) is 9.59 Å². The highest BCUT2D eigenvalue weighted by Crippen LogP contribution is 2.27. The molecular weight excluding hydrogens is 377 g/mol. The Balaban J connectivity index is 1.81. The fourth-order valence-electron chi connectivity index (χ4n) is 2.90. The van der Waals surface area contributed by atoms with Crippen LogP contribution in [0.15, 0.2) is 30.6 Å². The minimum atomic E-state index is -0.635. The standard InChI is InChI=1S/C17H17Cl2N5O2/c18-10-4-5-12(11(19)9-10)23-16(25)13-3-1-2-8-24(13)17(26)14-15(20)22-7-6-21-14/h4-7,9,13H,1-3,8H2,(H2,20,22)(H,23,25)/t13-/m0/s1. The Kier molecular flexibility index (Phi) is 5.58. The molecule has 1 aromatic heterocycles. The van der Waals surface area contributed by atoms with E-state index in [4.69, 9.17) is 28.9 Å². The summed E-state index contributed by atoms with van der Waals surface area (Å²) in [5, 5.41) is 3.57. The molecule has 0 aliphatic carbocycles. The fraction of sp³-hybridized carbons (Fsp3) is 0.294. The average Bonchev–Trinajstić information content (AvgIpc) is 2.64. The number of amides is 2. The molecule has 136 valence electrons. The number of nitrogens with zero attached hydrogens (tertiary/aromatic N) is 3. The first kappa shape index (κ1) is 18.4. The van der Waals surface area contributed by atoms with Crippen molar-refractivity contribution in [1.29, 1.82) is 0 Å². The lowest BCUT2D eigenvalue weighted by Crippen LogP contribution is -2.50. The SMILES string of the molecule is Nc1nccnc1C(=O)N1CCCC[C@H]1C(=O)Nc1ccc(Cl)cc1Cl. The third kappa shape index (κ3) is 3.89. The number of hydrogen-bond acceptors (Lipinski definition) is 5. The van der Waals surface area contributed by atoms with Crippen molar-refractivity contribution < 1.29 is 9.59 Å². The minimum absolute atomic E-state index is 0.0444. The van der Waals surface area contributed by atoms with Crippen molar-refractivity contribution in [2.24, 2.45) is 0 Å². The highest BCUT2D eigenvalue weighted by molar-refractivity contribution is 6.36. The summed E-state index contributed by atoms with van der Waals surface area (Å²) in [5.74, 6) is -0.676. The maximum absolute atomic E-state index is 12.8. The molecule has 2 heterocycles. The van der Waals surface area contributed by atoms with Crippen molar-refractivity contribution in [3.63, 3.8) is 0 Å². The number of nitrogen functional groups attached to an aromatic ring is 1. The summed E-state index contributed by atoms with van der Waals surface area (Å²) in [4.78, 5) is 35.0. The Morgan fingerprint density at radius 1 is 1.19 bits per heavy atom. The predicted octanol–water partition coefficient (Wildman–Crippen LogP) is 3.00. The van der Waals surface area contributed by atoms with Gasteiger partial charge in [0.2, 0.25) is 5.91 Å². The number of nitrogens with one attached hydrogen (secondary N) is 1. The van der Waals surface area contributed by atoms with Crippen molar-refractivity contribution in [2.75, 3.05) is 17.6 Å². The molecular formula is C17H17Cl2N5O2. The topological polar surface area (TPSA) is 101 Å². The molecule has 0 bridgehead atoms. The predicted molar refractivity (Wildman–Crippen MR) is 100 cm³/mol. The number of benzene rings is 1. The molecule has 0 saturated carbocycles. The summed E-state index contributed by atoms with van der Waals surface area (Å²) in [6, 6.07) is 4.16. The van der Waals surface area contributed by atoms with Crippen LogP contribution in [0.4, 0.5) is 11.5 Å². The summed E-state index contributed by atoms with van der Waals surface area (Å²) < 4.78 is 0. The van der Waals surface area contributed by atoms with Gasteiger partial charge in [-0.15, -0.1) is 0 Å². The highest BCUT2D eigenvalue weighted by Gasteiger charge is 2.34. The van der Waals surface area contributed by atoms with Crippen molar-refractivity contribution in [1.82, 2.24) is 14.9 Å². The number of anilines is 2. The van der Waals surface area contributed by atoms with Gasteiger partial charge in [-0.25, -0.2) is 9.97 Å². The second-order valence-corrected chi connectivity index (χ2v) is 6.76. The first-order chi connectivity index (χ1) is 12.5. The third-order valence-electron chi connectivity index (χ3n) is 4.18. The van der Waals surface area contributed by atoms with Gasteiger partial charge in [0.25, 0.3) is 5.91 Å². The Labute approximate surface area is 160 Å². The number of hydrogen-bond donors (Lipinski definition) is 2. The van der Waals surface area contributed by atoms with Crippen molar-refractivity contribution in [2.45, 2.75) is 25.3 Å². The van der Waals surface area contributed by atoms with E-state index in [-0.39, 0.29) is 17.4 Å². The van der Waals surface area contributed by atoms with Crippen LogP contribution >= 0.6 is 23.2 Å². The third-order valence-corrected chi connectivity index (χ3v) is 4.73. The molecule has 2 amide bonds. The molecule has 7 nitrogen and oxygen atoms in total. The molecule has 2 aromatic rings. The lowest BCUT2D eigenvalue weighted by atomic mass is 10.0. The van der Waals surface area contributed by atoms with Crippen molar-refractivity contribution >= 4 is 46.5 Å². The molecule has 1 aromatic carbocycles. The Hall–Kier alpha value is -2.38. The molecule has 3 N–H and O–H groups in total. The quantitative estimate of drug-likeness (QED) is 0.834. The van der Waals surface area contributed by atoms with Crippen LogP contribution in [0, 0.1) is 0 Å². The summed E-state index contributed by atoms with van der Waals surface area (Å²) in [6.07, 6.45) is 5.00. The zero-order valence-corrected chi connectivity index (χ0v) is 15.3. The van der Waals surface area contributed by atoms with Gasteiger partial charge < -0.3 is 16.0 Å². The van der Waals surface area contributed by atoms with Gasteiger partial charge in [-0.3, -0.25) is 9.59 Å². The Morgan fingerprint density at radius 2 is 1.96 bits per heavy atom. The minimum Gasteiger partial charge on any atom is -0.382 e. The molecule has 1 saturated heterocycles. The molecule has 0 spiro atoms. The van der Waals surface area contributed by atoms with Gasteiger partial charge in [0.05, 0.1) is 10.7 Å². The zero-order valence-electron chi connectivity index (χ0n) is 13.8. The molecule has 1 aliphatic rings. The molecule has 3 rings (SSSR count). The van der Waals surface area contributed by atoms with Gasteiger partial charge in [-0.05, 0) is 37.5 Å². The van der Waals surface area contributed by atoms with Crippen molar-refractivity contribution in [3.8, 4) is 0 Å². The van der Waals surface area contributed by atoms with Gasteiger partial charge in [0.15, 0.2) is 11.5 Å². The van der Waals surface area contributed by atoms with Crippen LogP contribution < -0.4 is 11.1 Å². The number of aromatic nitrogens is 2. The Morgan fingerprint density at radius 3 is 2.69 bits per heavy atom. The lowest BCUT2D eigenvalue weighted by molar-refractivity contribution is -0.121. The van der Waals surface area contributed by atoms with E-state index in [1.165, 1.54) is 17.3 Å². The van der Waals surface area contributed by atoms with Crippen molar-refractivity contribution in [3.05, 3.63) is 46.3 Å². The summed E-state index contributed by atoms with van der Waals surface area (Å²) >= 11 is 12.0. The summed E-state index contributed by atoms with van der Waals surface area (Å²) in [7, 11) is 0. The van der Waals surface area contributed by atoms with Crippen LogP contribution in [0.1, 0.15) is 29.8 Å². The number of carbonyl (C=O) groups is 2. The monoisotopic (exact) mass is 393 g/mol. The maximum atomic E-state index is 12.8. The van der Waals surface area contributed by atoms with E-state index in [1.807, 2.05) is 0 Å². The molecule has 1 atom stereocenters. The van der Waals surface area contributed by atoms with E-state index in [1.54, 1.807) is 18.2 Å². The van der Waals surface area contributed by atoms with Gasteiger partial charge in [-0.2, -0.15) is 0 Å². The number of rotatable bonds is 3. The molecule has 0 radical (unpaired) electrons. The van der Waals surface area contributed by atoms with E-state index >= 15 is 0 Å². The fourth-order valence-corrected chi connectivity index (χ4v) is 3.36. The summed E-state index contributed by atoms with van der Waals surface area (Å²) in [5.41, 5.74) is 6.25. The van der Waals surface area contributed by atoms with Gasteiger partial charge >= 0.3 is 0 Å². The first-order valence-electron chi connectivity index (χ1n) is 8.10. The number of likely N-dealkylation sites (tertiary alicyclic amines) is 1. The molecule has 1 aliphatic heterocycles. The largest absolute Gasteiger partial charge is 0.382 e. The van der Waals surface area contributed by atoms with E-state index in [0.717, 1.165) is 12.8 Å². The molecule has 9 heteroatoms. The first-order valence-corrected chi connectivity index (χ1v) is 8.86. The average molecular weight is 394 g/mol. The number of piperidine rings is 1. The number of halogens is 2. The van der Waals surface area contributed by atoms with Crippen LogP contribution in [0.2, 0.25) is 10.0 Å². The normalized spacial score (nSPS) is 17.0. The van der Waals surface area contributed by atoms with Gasteiger partial charge in [-0.1, -0.05) is 23.2 Å². The number of carbonyl (C=O) groups excluding carboxylic acids is 2. The van der Waals surface area contributed by atoms with Crippen LogP contribution in [-0.2, 0) is 4.79 Å². The molecule has 26 heavy (non-hydrogen) atoms. The zero-order chi connectivity index (χ0) is 18.7. The van der Waals surface area contributed by atoms with Crippen LogP contribution in [0.3, 0.4) is 0 Å². The molecule has 0 unspecified atom stereocenters. The van der Waals surface area contributed by atoms with Crippen LogP contribution in [0.5, 0.6) is 0 Å². The van der Waals surface area contributed by atoms with Gasteiger partial charge in [0, 0.05) is 24.0 Å². The van der Waals surface area contributed by atoms with Crippen LogP contribution in [-0.4, -0.2) is 39.3 Å². The highest BCUT2D eigenvalue weighted by atomic mass is 35.5. The Bertz CT molecular complexity index is 846. The number of nitrogens with two attached hydrogens (primary N) is 1. The smallest absolute Gasteiger partial charge is 0.276 e. The van der Waals surface area contributed by atoms with E-state index in [0.29, 0.717) is 28.7 Å². The second kappa shape index (κ2) is 7.88. The summed E-state index contributed by atoms with van der Waals surface area (Å²) in [6.45, 7) is 0.446.